The van der Waals surface area contributed by atoms with Crippen LogP contribution in [0.4, 0.5) is 0 Å². The third-order valence-corrected chi connectivity index (χ3v) is 3.14. The maximum Gasteiger partial charge on any atom is 0.141 e. The molecule has 0 aliphatic rings. The molecule has 0 unspecified atom stereocenters. The van der Waals surface area contributed by atoms with E-state index in [4.69, 9.17) is 10.7 Å². The highest BCUT2D eigenvalue weighted by Crippen LogP contribution is 2.27. The van der Waals surface area contributed by atoms with Crippen LogP contribution in [0.5, 0.6) is 0 Å². The van der Waals surface area contributed by atoms with E-state index in [2.05, 4.69) is 37.7 Å². The number of fused-ring (bicyclic) bond motifs is 1. The Morgan fingerprint density at radius 1 is 1.17 bits per heavy atom. The molecule has 2 aromatic heterocycles. The standard InChI is InChI=1S/C14H22N4/c1-8(2)12-11-10(5-6-15)7-16-14(11)18-13(17-12)9(3)4/h7-9H,5-6,15H2,1-4H3,(H,16,17,18). The highest BCUT2D eigenvalue weighted by molar-refractivity contribution is 5.83. The van der Waals surface area contributed by atoms with Crippen molar-refractivity contribution in [2.75, 3.05) is 6.54 Å². The third-order valence-electron chi connectivity index (χ3n) is 3.14. The zero-order valence-corrected chi connectivity index (χ0v) is 11.6. The average Bonchev–Trinajstić information content (AvgIpc) is 2.71. The molecule has 0 aliphatic heterocycles. The summed E-state index contributed by atoms with van der Waals surface area (Å²) >= 11 is 0. The van der Waals surface area contributed by atoms with Crippen LogP contribution in [0.2, 0.25) is 0 Å². The van der Waals surface area contributed by atoms with Crippen molar-refractivity contribution < 1.29 is 0 Å². The number of nitrogens with two attached hydrogens (primary N) is 1. The maximum absolute atomic E-state index is 5.66. The van der Waals surface area contributed by atoms with Crippen LogP contribution >= 0.6 is 0 Å². The number of nitrogens with zero attached hydrogens (tertiary/aromatic N) is 2. The van der Waals surface area contributed by atoms with Crippen molar-refractivity contribution in [2.45, 2.75) is 46.0 Å². The van der Waals surface area contributed by atoms with Crippen LogP contribution in [0, 0.1) is 0 Å². The molecular weight excluding hydrogens is 224 g/mol. The van der Waals surface area contributed by atoms with E-state index >= 15 is 0 Å². The van der Waals surface area contributed by atoms with Gasteiger partial charge in [0.1, 0.15) is 11.5 Å². The number of H-pyrrole nitrogens is 1. The van der Waals surface area contributed by atoms with Gasteiger partial charge in [-0.15, -0.1) is 0 Å². The lowest BCUT2D eigenvalue weighted by Gasteiger charge is -2.12. The van der Waals surface area contributed by atoms with Gasteiger partial charge < -0.3 is 10.7 Å². The molecule has 4 heteroatoms. The molecule has 0 saturated carbocycles. The number of aromatic nitrogens is 3. The molecule has 0 atom stereocenters. The normalized spacial score (nSPS) is 11.9. The summed E-state index contributed by atoms with van der Waals surface area (Å²) in [5.41, 5.74) is 8.97. The van der Waals surface area contributed by atoms with E-state index in [-0.39, 0.29) is 0 Å². The van der Waals surface area contributed by atoms with Gasteiger partial charge in [-0.25, -0.2) is 9.97 Å². The van der Waals surface area contributed by atoms with Crippen molar-refractivity contribution in [3.05, 3.63) is 23.3 Å². The Labute approximate surface area is 108 Å². The third kappa shape index (κ3) is 2.25. The monoisotopic (exact) mass is 246 g/mol. The topological polar surface area (TPSA) is 67.6 Å². The van der Waals surface area contributed by atoms with Gasteiger partial charge in [0.05, 0.1) is 5.69 Å². The number of hydrogen-bond acceptors (Lipinski definition) is 3. The molecule has 2 aromatic rings. The van der Waals surface area contributed by atoms with Gasteiger partial charge in [0.25, 0.3) is 0 Å². The highest BCUT2D eigenvalue weighted by Gasteiger charge is 2.16. The van der Waals surface area contributed by atoms with Gasteiger partial charge in [0.2, 0.25) is 0 Å². The minimum atomic E-state index is 0.341. The predicted molar refractivity (Wildman–Crippen MR) is 74.8 cm³/mol. The first-order valence-electron chi connectivity index (χ1n) is 6.62. The molecule has 0 aliphatic carbocycles. The summed E-state index contributed by atoms with van der Waals surface area (Å²) in [5.74, 6) is 1.64. The second-order valence-corrected chi connectivity index (χ2v) is 5.35. The van der Waals surface area contributed by atoms with Crippen molar-refractivity contribution in [1.82, 2.24) is 15.0 Å². The molecule has 0 bridgehead atoms. The van der Waals surface area contributed by atoms with Crippen LogP contribution < -0.4 is 5.73 Å². The molecule has 18 heavy (non-hydrogen) atoms. The predicted octanol–water partition coefficient (Wildman–Crippen LogP) is 2.71. The molecule has 0 aromatic carbocycles. The number of aromatic amines is 1. The lowest BCUT2D eigenvalue weighted by Crippen LogP contribution is -2.06. The van der Waals surface area contributed by atoms with Gasteiger partial charge in [-0.3, -0.25) is 0 Å². The van der Waals surface area contributed by atoms with Crippen molar-refractivity contribution >= 4 is 11.0 Å². The molecule has 2 heterocycles. The molecule has 98 valence electrons. The SMILES string of the molecule is CC(C)c1nc(C(C)C)c2c(CCN)c[nH]c2n1. The van der Waals surface area contributed by atoms with E-state index in [0.29, 0.717) is 18.4 Å². The Bertz CT molecular complexity index is 540. The first-order chi connectivity index (χ1) is 8.54. The first-order valence-corrected chi connectivity index (χ1v) is 6.62. The van der Waals surface area contributed by atoms with Gasteiger partial charge in [-0.2, -0.15) is 0 Å². The summed E-state index contributed by atoms with van der Waals surface area (Å²) in [6, 6.07) is 0. The highest BCUT2D eigenvalue weighted by atomic mass is 15.0. The summed E-state index contributed by atoms with van der Waals surface area (Å²) in [5, 5.41) is 1.17. The molecule has 4 nitrogen and oxygen atoms in total. The molecule has 0 spiro atoms. The van der Waals surface area contributed by atoms with E-state index < -0.39 is 0 Å². The van der Waals surface area contributed by atoms with Crippen molar-refractivity contribution in [1.29, 1.82) is 0 Å². The van der Waals surface area contributed by atoms with E-state index in [0.717, 1.165) is 23.6 Å². The molecule has 0 fully saturated rings. The van der Waals surface area contributed by atoms with E-state index in [9.17, 15) is 0 Å². The summed E-state index contributed by atoms with van der Waals surface area (Å²) in [6.07, 6.45) is 2.88. The summed E-state index contributed by atoms with van der Waals surface area (Å²) in [6.45, 7) is 9.23. The molecular formula is C14H22N4. The van der Waals surface area contributed by atoms with Gasteiger partial charge >= 0.3 is 0 Å². The Balaban J connectivity index is 2.67. The van der Waals surface area contributed by atoms with Gasteiger partial charge in [-0.1, -0.05) is 27.7 Å². The minimum absolute atomic E-state index is 0.341. The van der Waals surface area contributed by atoms with Crippen molar-refractivity contribution in [3.8, 4) is 0 Å². The fourth-order valence-electron chi connectivity index (χ4n) is 2.17. The molecule has 0 amide bonds. The Morgan fingerprint density at radius 3 is 2.44 bits per heavy atom. The first kappa shape index (κ1) is 13.0. The van der Waals surface area contributed by atoms with Crippen LogP contribution in [-0.2, 0) is 6.42 Å². The Kier molecular flexibility index (Phi) is 3.66. The average molecular weight is 246 g/mol. The van der Waals surface area contributed by atoms with Crippen LogP contribution in [0.25, 0.3) is 11.0 Å². The largest absolute Gasteiger partial charge is 0.346 e. The lowest BCUT2D eigenvalue weighted by molar-refractivity contribution is 0.741. The summed E-state index contributed by atoms with van der Waals surface area (Å²) in [7, 11) is 0. The maximum atomic E-state index is 5.66. The number of rotatable bonds is 4. The van der Waals surface area contributed by atoms with Crippen molar-refractivity contribution in [3.63, 3.8) is 0 Å². The fourth-order valence-corrected chi connectivity index (χ4v) is 2.17. The molecule has 0 saturated heterocycles. The molecule has 0 radical (unpaired) electrons. The van der Waals surface area contributed by atoms with E-state index in [1.54, 1.807) is 0 Å². The van der Waals surface area contributed by atoms with E-state index in [1.807, 2.05) is 6.20 Å². The second kappa shape index (κ2) is 5.06. The van der Waals surface area contributed by atoms with Crippen LogP contribution in [0.15, 0.2) is 6.20 Å². The van der Waals surface area contributed by atoms with Crippen LogP contribution in [0.3, 0.4) is 0 Å². The van der Waals surface area contributed by atoms with Crippen LogP contribution in [0.1, 0.15) is 56.6 Å². The quantitative estimate of drug-likeness (QED) is 0.871. The summed E-state index contributed by atoms with van der Waals surface area (Å²) in [4.78, 5) is 12.6. The minimum Gasteiger partial charge on any atom is -0.346 e. The summed E-state index contributed by atoms with van der Waals surface area (Å²) < 4.78 is 0. The zero-order valence-electron chi connectivity index (χ0n) is 11.6. The van der Waals surface area contributed by atoms with Crippen LogP contribution in [-0.4, -0.2) is 21.5 Å². The smallest absolute Gasteiger partial charge is 0.141 e. The number of hydrogen-bond donors (Lipinski definition) is 2. The lowest BCUT2D eigenvalue weighted by atomic mass is 10.0. The fraction of sp³-hybridized carbons (Fsp3) is 0.571. The van der Waals surface area contributed by atoms with Crippen molar-refractivity contribution in [2.24, 2.45) is 5.73 Å². The molecule has 2 rings (SSSR count). The second-order valence-electron chi connectivity index (χ2n) is 5.35. The Hall–Kier alpha value is -1.42. The Morgan fingerprint density at radius 2 is 1.89 bits per heavy atom. The van der Waals surface area contributed by atoms with Gasteiger partial charge in [-0.05, 0) is 24.4 Å². The zero-order chi connectivity index (χ0) is 13.3. The van der Waals surface area contributed by atoms with Gasteiger partial charge in [0.15, 0.2) is 0 Å². The number of nitrogens with one attached hydrogen (secondary N) is 1. The molecule has 3 N–H and O–H groups in total. The van der Waals surface area contributed by atoms with Gasteiger partial charge in [0, 0.05) is 17.5 Å². The van der Waals surface area contributed by atoms with E-state index in [1.165, 1.54) is 10.9 Å².